The van der Waals surface area contributed by atoms with Crippen molar-refractivity contribution in [1.82, 2.24) is 19.9 Å². The van der Waals surface area contributed by atoms with Crippen LogP contribution in [0.15, 0.2) is 24.4 Å². The molecule has 0 fully saturated rings. The van der Waals surface area contributed by atoms with Crippen molar-refractivity contribution in [1.29, 1.82) is 0 Å². The van der Waals surface area contributed by atoms with E-state index in [-0.39, 0.29) is 30.2 Å². The molecule has 1 aliphatic heterocycles. The molecular formula is C16H14F2N6O2. The van der Waals surface area contributed by atoms with E-state index in [1.165, 1.54) is 16.8 Å². The van der Waals surface area contributed by atoms with Crippen molar-refractivity contribution in [2.24, 2.45) is 0 Å². The van der Waals surface area contributed by atoms with Crippen LogP contribution in [-0.4, -0.2) is 40.7 Å². The van der Waals surface area contributed by atoms with E-state index in [0.29, 0.717) is 17.3 Å². The van der Waals surface area contributed by atoms with E-state index in [9.17, 15) is 13.6 Å². The van der Waals surface area contributed by atoms with Gasteiger partial charge >= 0.3 is 0 Å². The second-order valence-electron chi connectivity index (χ2n) is 5.57. The second kappa shape index (κ2) is 6.14. The molecule has 1 aliphatic rings. The van der Waals surface area contributed by atoms with E-state index in [1.54, 1.807) is 13.1 Å². The largest absolute Gasteiger partial charge is 0.488 e. The van der Waals surface area contributed by atoms with E-state index in [0.717, 1.165) is 6.07 Å². The Morgan fingerprint density at radius 1 is 1.31 bits per heavy atom. The molecular weight excluding hydrogens is 346 g/mol. The number of aromatic nitrogens is 3. The first-order valence-electron chi connectivity index (χ1n) is 7.80. The molecule has 0 saturated carbocycles. The van der Waals surface area contributed by atoms with Crippen LogP contribution >= 0.6 is 0 Å². The number of carbonyl (C=O) groups excluding carboxylic acids is 1. The fourth-order valence-electron chi connectivity index (χ4n) is 2.67. The van der Waals surface area contributed by atoms with Crippen molar-refractivity contribution in [2.75, 3.05) is 30.8 Å². The fourth-order valence-corrected chi connectivity index (χ4v) is 2.67. The van der Waals surface area contributed by atoms with E-state index in [1.807, 2.05) is 0 Å². The van der Waals surface area contributed by atoms with Crippen LogP contribution in [-0.2, 0) is 0 Å². The zero-order valence-corrected chi connectivity index (χ0v) is 13.6. The normalized spacial score (nSPS) is 13.9. The van der Waals surface area contributed by atoms with Gasteiger partial charge in [-0.1, -0.05) is 0 Å². The molecule has 134 valence electrons. The zero-order valence-electron chi connectivity index (χ0n) is 13.6. The SMILES string of the molecule is CNc1cc2nc3c(cnn13)C(=O)NCCOc1cc(cc(F)c1F)N2. The molecule has 0 spiro atoms. The number of nitrogens with zero attached hydrogens (tertiary/aromatic N) is 3. The summed E-state index contributed by atoms with van der Waals surface area (Å²) < 4.78 is 34.5. The Bertz CT molecular complexity index is 1020. The highest BCUT2D eigenvalue weighted by Gasteiger charge is 2.19. The number of ether oxygens (including phenoxy) is 1. The van der Waals surface area contributed by atoms with Crippen LogP contribution in [0.25, 0.3) is 5.65 Å². The first-order valence-corrected chi connectivity index (χ1v) is 7.80. The van der Waals surface area contributed by atoms with Crippen LogP contribution in [0, 0.1) is 11.6 Å². The lowest BCUT2D eigenvalue weighted by molar-refractivity contribution is 0.0948. The summed E-state index contributed by atoms with van der Waals surface area (Å²) in [5.41, 5.74) is 0.852. The van der Waals surface area contributed by atoms with E-state index in [4.69, 9.17) is 4.74 Å². The Kier molecular flexibility index (Phi) is 3.79. The Hall–Kier alpha value is -3.43. The van der Waals surface area contributed by atoms with Gasteiger partial charge in [-0.05, 0) is 0 Å². The summed E-state index contributed by atoms with van der Waals surface area (Å²) in [7, 11) is 1.69. The van der Waals surface area contributed by atoms with Crippen LogP contribution in [0.5, 0.6) is 5.75 Å². The minimum Gasteiger partial charge on any atom is -0.488 e. The van der Waals surface area contributed by atoms with Crippen molar-refractivity contribution in [3.8, 4) is 5.75 Å². The number of fused-ring (bicyclic) bond motifs is 3. The highest BCUT2D eigenvalue weighted by atomic mass is 19.2. The summed E-state index contributed by atoms with van der Waals surface area (Å²) >= 11 is 0. The van der Waals surface area contributed by atoms with Crippen LogP contribution < -0.4 is 20.7 Å². The zero-order chi connectivity index (χ0) is 18.3. The highest BCUT2D eigenvalue weighted by molar-refractivity contribution is 6.00. The van der Waals surface area contributed by atoms with Gasteiger partial charge in [-0.3, -0.25) is 4.79 Å². The van der Waals surface area contributed by atoms with E-state index in [2.05, 4.69) is 26.0 Å². The quantitative estimate of drug-likeness (QED) is 0.614. The number of halogens is 2. The molecule has 4 rings (SSSR count). The van der Waals surface area contributed by atoms with Crippen molar-refractivity contribution in [2.45, 2.75) is 0 Å². The number of hydrogen-bond acceptors (Lipinski definition) is 6. The number of rotatable bonds is 1. The monoisotopic (exact) mass is 360 g/mol. The Labute approximate surface area is 146 Å². The summed E-state index contributed by atoms with van der Waals surface area (Å²) in [6.45, 7) is 0.0796. The van der Waals surface area contributed by atoms with E-state index >= 15 is 0 Å². The summed E-state index contributed by atoms with van der Waals surface area (Å²) in [6.07, 6.45) is 1.40. The third-order valence-electron chi connectivity index (χ3n) is 3.88. The van der Waals surface area contributed by atoms with Gasteiger partial charge in [0.05, 0.1) is 12.7 Å². The average Bonchev–Trinajstić information content (AvgIpc) is 3.05. The lowest BCUT2D eigenvalue weighted by Crippen LogP contribution is -2.28. The molecule has 2 aromatic heterocycles. The minimum absolute atomic E-state index is 0.0250. The number of hydrogen-bond donors (Lipinski definition) is 3. The molecule has 0 atom stereocenters. The summed E-state index contributed by atoms with van der Waals surface area (Å²) in [5.74, 6) is -1.90. The second-order valence-corrected chi connectivity index (χ2v) is 5.57. The first-order chi connectivity index (χ1) is 12.6. The summed E-state index contributed by atoms with van der Waals surface area (Å²) in [5, 5.41) is 12.7. The van der Waals surface area contributed by atoms with Gasteiger partial charge in [0.2, 0.25) is 5.82 Å². The van der Waals surface area contributed by atoms with Gasteiger partial charge in [0.1, 0.15) is 23.8 Å². The standard InChI is InChI=1S/C16H14F2N6O2/c1-19-13-6-12-22-8-4-10(17)14(18)11(5-8)26-3-2-20-16(25)9-7-21-24(13)15(9)23-12/h4-7,19H,2-3H2,1H3,(H,20,25)(H,22,23). The van der Waals surface area contributed by atoms with Gasteiger partial charge < -0.3 is 20.7 Å². The van der Waals surface area contributed by atoms with Gasteiger partial charge in [-0.15, -0.1) is 0 Å². The molecule has 3 aromatic rings. The first kappa shape index (κ1) is 16.1. The van der Waals surface area contributed by atoms with Crippen molar-refractivity contribution in [3.05, 3.63) is 41.6 Å². The molecule has 0 radical (unpaired) electrons. The third-order valence-corrected chi connectivity index (χ3v) is 3.88. The molecule has 0 saturated heterocycles. The maximum atomic E-state index is 13.9. The average molecular weight is 360 g/mol. The Morgan fingerprint density at radius 3 is 2.96 bits per heavy atom. The Balaban J connectivity index is 1.90. The number of amides is 1. The lowest BCUT2D eigenvalue weighted by atomic mass is 10.2. The molecule has 4 bridgehead atoms. The molecule has 1 amide bonds. The van der Waals surface area contributed by atoms with Gasteiger partial charge in [0.15, 0.2) is 17.2 Å². The topological polar surface area (TPSA) is 92.6 Å². The number of benzene rings is 1. The van der Waals surface area contributed by atoms with Crippen LogP contribution in [0.2, 0.25) is 0 Å². The third kappa shape index (κ3) is 2.65. The maximum absolute atomic E-state index is 13.9. The minimum atomic E-state index is -1.09. The van der Waals surface area contributed by atoms with Crippen molar-refractivity contribution >= 4 is 28.9 Å². The maximum Gasteiger partial charge on any atom is 0.256 e. The van der Waals surface area contributed by atoms with Gasteiger partial charge in [0.25, 0.3) is 5.91 Å². The highest BCUT2D eigenvalue weighted by Crippen LogP contribution is 2.28. The number of carbonyl (C=O) groups is 1. The smallest absolute Gasteiger partial charge is 0.256 e. The molecule has 0 aliphatic carbocycles. The lowest BCUT2D eigenvalue weighted by Gasteiger charge is -2.12. The molecule has 8 nitrogen and oxygen atoms in total. The van der Waals surface area contributed by atoms with Gasteiger partial charge in [-0.2, -0.15) is 14.0 Å². The molecule has 1 aromatic carbocycles. The molecule has 0 unspecified atom stereocenters. The predicted octanol–water partition coefficient (Wildman–Crippen LogP) is 1.91. The van der Waals surface area contributed by atoms with E-state index < -0.39 is 17.5 Å². The van der Waals surface area contributed by atoms with Crippen LogP contribution in [0.3, 0.4) is 0 Å². The predicted molar refractivity (Wildman–Crippen MR) is 90.0 cm³/mol. The number of nitrogens with one attached hydrogen (secondary N) is 3. The molecule has 3 heterocycles. The van der Waals surface area contributed by atoms with Crippen LogP contribution in [0.4, 0.5) is 26.1 Å². The summed E-state index contributed by atoms with van der Waals surface area (Å²) in [6, 6.07) is 3.97. The van der Waals surface area contributed by atoms with Crippen molar-refractivity contribution < 1.29 is 18.3 Å². The molecule has 3 N–H and O–H groups in total. The molecule has 10 heteroatoms. The Morgan fingerprint density at radius 2 is 2.15 bits per heavy atom. The summed E-state index contributed by atoms with van der Waals surface area (Å²) in [4.78, 5) is 16.7. The van der Waals surface area contributed by atoms with Gasteiger partial charge in [-0.25, -0.2) is 9.37 Å². The fraction of sp³-hybridized carbons (Fsp3) is 0.188. The number of anilines is 3. The van der Waals surface area contributed by atoms with Crippen molar-refractivity contribution in [3.63, 3.8) is 0 Å². The van der Waals surface area contributed by atoms with Gasteiger partial charge in [0, 0.05) is 30.9 Å². The van der Waals surface area contributed by atoms with Crippen LogP contribution in [0.1, 0.15) is 10.4 Å². The molecule has 26 heavy (non-hydrogen) atoms.